The summed E-state index contributed by atoms with van der Waals surface area (Å²) < 4.78 is 5.13. The molecule has 1 aliphatic rings. The van der Waals surface area contributed by atoms with Gasteiger partial charge in [0.15, 0.2) is 0 Å². The second kappa shape index (κ2) is 7.72. The van der Waals surface area contributed by atoms with Crippen molar-refractivity contribution in [2.75, 3.05) is 11.9 Å². The standard InChI is InChI=1S/C17H16Cl2N4O2/c18-11-7-14(23-15(19)8-11)16(24)21-12-4-1-10(2-5-12)3-6-13-9-25-17(20)22-13/h1-2,4-5,7-8,13H,3,6,9H2,(H2,20,22)(H,21,24). The molecule has 0 saturated carbocycles. The van der Waals surface area contributed by atoms with Crippen LogP contribution < -0.4 is 11.1 Å². The fourth-order valence-electron chi connectivity index (χ4n) is 2.45. The Balaban J connectivity index is 1.57. The molecule has 130 valence electrons. The van der Waals surface area contributed by atoms with Gasteiger partial charge in [0, 0.05) is 10.7 Å². The normalized spacial score (nSPS) is 16.2. The van der Waals surface area contributed by atoms with Crippen LogP contribution in [0.3, 0.4) is 0 Å². The molecule has 1 aromatic heterocycles. The van der Waals surface area contributed by atoms with Crippen molar-refractivity contribution in [1.82, 2.24) is 4.98 Å². The average Bonchev–Trinajstić information content (AvgIpc) is 2.99. The number of anilines is 1. The van der Waals surface area contributed by atoms with Crippen LogP contribution in [0.5, 0.6) is 0 Å². The Morgan fingerprint density at radius 1 is 1.28 bits per heavy atom. The molecule has 1 aliphatic heterocycles. The molecule has 0 bridgehead atoms. The number of ether oxygens (including phenoxy) is 1. The third-order valence-corrected chi connectivity index (χ3v) is 4.11. The molecule has 1 atom stereocenters. The molecule has 0 aliphatic carbocycles. The Labute approximate surface area is 155 Å². The highest BCUT2D eigenvalue weighted by molar-refractivity contribution is 6.34. The van der Waals surface area contributed by atoms with Crippen LogP contribution in [0.15, 0.2) is 41.4 Å². The lowest BCUT2D eigenvalue weighted by molar-refractivity contribution is 0.102. The van der Waals surface area contributed by atoms with Crippen LogP contribution >= 0.6 is 23.2 Å². The zero-order chi connectivity index (χ0) is 17.8. The topological polar surface area (TPSA) is 89.6 Å². The van der Waals surface area contributed by atoms with E-state index in [1.165, 1.54) is 12.1 Å². The van der Waals surface area contributed by atoms with Crippen LogP contribution in [-0.4, -0.2) is 29.6 Å². The molecule has 1 aromatic carbocycles. The van der Waals surface area contributed by atoms with E-state index in [1.807, 2.05) is 24.3 Å². The molecule has 0 radical (unpaired) electrons. The number of nitrogens with two attached hydrogens (primary N) is 1. The third-order valence-electron chi connectivity index (χ3n) is 3.70. The Morgan fingerprint density at radius 2 is 2.04 bits per heavy atom. The summed E-state index contributed by atoms with van der Waals surface area (Å²) in [5.74, 6) is -0.370. The number of halogens is 2. The van der Waals surface area contributed by atoms with Gasteiger partial charge in [0.05, 0.1) is 6.04 Å². The van der Waals surface area contributed by atoms with Crippen LogP contribution in [0.2, 0.25) is 10.2 Å². The second-order valence-electron chi connectivity index (χ2n) is 5.62. The van der Waals surface area contributed by atoms with E-state index in [-0.39, 0.29) is 28.8 Å². The fraction of sp³-hybridized carbons (Fsp3) is 0.235. The minimum absolute atomic E-state index is 0.109. The molecular weight excluding hydrogens is 363 g/mol. The minimum Gasteiger partial charge on any atom is -0.463 e. The minimum atomic E-state index is -0.370. The zero-order valence-electron chi connectivity index (χ0n) is 13.2. The van der Waals surface area contributed by atoms with Gasteiger partial charge < -0.3 is 15.8 Å². The highest BCUT2D eigenvalue weighted by Gasteiger charge is 2.16. The van der Waals surface area contributed by atoms with Gasteiger partial charge in [-0.15, -0.1) is 0 Å². The maximum Gasteiger partial charge on any atom is 0.282 e. The third kappa shape index (κ3) is 4.84. The molecule has 6 nitrogen and oxygen atoms in total. The van der Waals surface area contributed by atoms with Gasteiger partial charge in [0.2, 0.25) is 0 Å². The van der Waals surface area contributed by atoms with Gasteiger partial charge >= 0.3 is 0 Å². The number of hydrogen-bond acceptors (Lipinski definition) is 5. The molecule has 1 amide bonds. The lowest BCUT2D eigenvalue weighted by Gasteiger charge is -2.08. The molecule has 2 heterocycles. The first kappa shape index (κ1) is 17.5. The number of aromatic nitrogens is 1. The van der Waals surface area contributed by atoms with E-state index in [2.05, 4.69) is 15.3 Å². The van der Waals surface area contributed by atoms with Crippen molar-refractivity contribution in [3.05, 3.63) is 57.8 Å². The number of carbonyl (C=O) groups excluding carboxylic acids is 1. The smallest absolute Gasteiger partial charge is 0.282 e. The molecule has 1 unspecified atom stereocenters. The number of aryl methyl sites for hydroxylation is 1. The van der Waals surface area contributed by atoms with Crippen LogP contribution in [0.4, 0.5) is 5.69 Å². The lowest BCUT2D eigenvalue weighted by Crippen LogP contribution is -2.13. The highest BCUT2D eigenvalue weighted by Crippen LogP contribution is 2.18. The molecule has 0 saturated heterocycles. The molecule has 3 rings (SSSR count). The Hall–Kier alpha value is -2.31. The summed E-state index contributed by atoms with van der Waals surface area (Å²) in [5, 5.41) is 3.30. The predicted molar refractivity (Wildman–Crippen MR) is 98.3 cm³/mol. The summed E-state index contributed by atoms with van der Waals surface area (Å²) in [7, 11) is 0. The Kier molecular flexibility index (Phi) is 5.40. The maximum absolute atomic E-state index is 12.2. The van der Waals surface area contributed by atoms with E-state index in [0.717, 1.165) is 18.4 Å². The zero-order valence-corrected chi connectivity index (χ0v) is 14.7. The predicted octanol–water partition coefficient (Wildman–Crippen LogP) is 3.29. The quantitative estimate of drug-likeness (QED) is 0.781. The van der Waals surface area contributed by atoms with E-state index in [9.17, 15) is 4.79 Å². The number of pyridine rings is 1. The molecular formula is C17H16Cl2N4O2. The van der Waals surface area contributed by atoms with Crippen molar-refractivity contribution in [3.63, 3.8) is 0 Å². The van der Waals surface area contributed by atoms with E-state index in [0.29, 0.717) is 17.3 Å². The van der Waals surface area contributed by atoms with Crippen molar-refractivity contribution < 1.29 is 9.53 Å². The summed E-state index contributed by atoms with van der Waals surface area (Å²) in [4.78, 5) is 20.4. The number of nitrogens with zero attached hydrogens (tertiary/aromatic N) is 2. The summed E-state index contributed by atoms with van der Waals surface area (Å²) >= 11 is 11.7. The number of rotatable bonds is 5. The molecule has 3 N–H and O–H groups in total. The summed E-state index contributed by atoms with van der Waals surface area (Å²) in [6, 6.07) is 10.9. The van der Waals surface area contributed by atoms with Gasteiger partial charge in [0.1, 0.15) is 17.5 Å². The first-order chi connectivity index (χ1) is 12.0. The second-order valence-corrected chi connectivity index (χ2v) is 6.44. The lowest BCUT2D eigenvalue weighted by atomic mass is 10.1. The van der Waals surface area contributed by atoms with Crippen LogP contribution in [-0.2, 0) is 11.2 Å². The summed E-state index contributed by atoms with van der Waals surface area (Å²) in [6.07, 6.45) is 1.71. The van der Waals surface area contributed by atoms with E-state index in [1.54, 1.807) is 0 Å². The van der Waals surface area contributed by atoms with Gasteiger partial charge in [-0.25, -0.2) is 9.98 Å². The number of benzene rings is 1. The monoisotopic (exact) mass is 378 g/mol. The van der Waals surface area contributed by atoms with E-state index >= 15 is 0 Å². The van der Waals surface area contributed by atoms with Gasteiger partial charge in [-0.3, -0.25) is 4.79 Å². The van der Waals surface area contributed by atoms with Crippen molar-refractivity contribution in [2.45, 2.75) is 18.9 Å². The molecule has 0 spiro atoms. The van der Waals surface area contributed by atoms with Gasteiger partial charge in [-0.05, 0) is 42.7 Å². The van der Waals surface area contributed by atoms with E-state index in [4.69, 9.17) is 33.7 Å². The molecule has 8 heteroatoms. The summed E-state index contributed by atoms with van der Waals surface area (Å²) in [5.41, 5.74) is 7.46. The van der Waals surface area contributed by atoms with Gasteiger partial charge in [-0.1, -0.05) is 35.3 Å². The first-order valence-corrected chi connectivity index (χ1v) is 8.44. The van der Waals surface area contributed by atoms with Crippen molar-refractivity contribution in [2.24, 2.45) is 10.7 Å². The van der Waals surface area contributed by atoms with E-state index < -0.39 is 0 Å². The van der Waals surface area contributed by atoms with Gasteiger partial charge in [0.25, 0.3) is 11.9 Å². The SMILES string of the molecule is NC1=NC(CCc2ccc(NC(=O)c3cc(Cl)cc(Cl)n3)cc2)CO1. The van der Waals surface area contributed by atoms with Crippen molar-refractivity contribution in [1.29, 1.82) is 0 Å². The molecule has 25 heavy (non-hydrogen) atoms. The molecule has 0 fully saturated rings. The van der Waals surface area contributed by atoms with Crippen LogP contribution in [0, 0.1) is 0 Å². The van der Waals surface area contributed by atoms with Gasteiger partial charge in [-0.2, -0.15) is 0 Å². The van der Waals surface area contributed by atoms with Crippen LogP contribution in [0.1, 0.15) is 22.5 Å². The van der Waals surface area contributed by atoms with Crippen LogP contribution in [0.25, 0.3) is 0 Å². The Morgan fingerprint density at radius 3 is 2.68 bits per heavy atom. The number of carbonyl (C=O) groups is 1. The summed E-state index contributed by atoms with van der Waals surface area (Å²) in [6.45, 7) is 0.537. The largest absolute Gasteiger partial charge is 0.463 e. The average molecular weight is 379 g/mol. The maximum atomic E-state index is 12.2. The molecule has 2 aromatic rings. The number of amidine groups is 1. The number of amides is 1. The van der Waals surface area contributed by atoms with Crippen molar-refractivity contribution in [3.8, 4) is 0 Å². The Bertz CT molecular complexity index is 789. The number of aliphatic imine (C=N–C) groups is 1. The highest BCUT2D eigenvalue weighted by atomic mass is 35.5. The first-order valence-electron chi connectivity index (χ1n) is 7.69. The number of nitrogens with one attached hydrogen (secondary N) is 1. The van der Waals surface area contributed by atoms with Crippen molar-refractivity contribution >= 4 is 40.8 Å². The number of hydrogen-bond donors (Lipinski definition) is 2. The fourth-order valence-corrected chi connectivity index (χ4v) is 2.92.